The van der Waals surface area contributed by atoms with Crippen LogP contribution in [-0.4, -0.2) is 19.5 Å². The molecule has 0 fully saturated rings. The van der Waals surface area contributed by atoms with Gasteiger partial charge in [0.25, 0.3) is 0 Å². The van der Waals surface area contributed by atoms with Crippen LogP contribution in [0.3, 0.4) is 0 Å². The van der Waals surface area contributed by atoms with Gasteiger partial charge in [-0.2, -0.15) is 0 Å². The van der Waals surface area contributed by atoms with Crippen LogP contribution >= 0.6 is 0 Å². The van der Waals surface area contributed by atoms with Crippen molar-refractivity contribution in [3.8, 4) is 0 Å². The summed E-state index contributed by atoms with van der Waals surface area (Å²) in [6.45, 7) is 0.741. The average Bonchev–Trinajstić information content (AvgIpc) is 2.24. The lowest BCUT2D eigenvalue weighted by atomic mass is 10.2. The van der Waals surface area contributed by atoms with Gasteiger partial charge in [-0.15, -0.1) is 0 Å². The fraction of sp³-hybridized carbons (Fsp3) is 0.364. The third-order valence-corrected chi connectivity index (χ3v) is 2.03. The van der Waals surface area contributed by atoms with Gasteiger partial charge in [0, 0.05) is 18.2 Å². The zero-order chi connectivity index (χ0) is 12.0. The molecule has 0 bridgehead atoms. The molecule has 0 aliphatic carbocycles. The lowest BCUT2D eigenvalue weighted by molar-refractivity contribution is -0.116. The summed E-state index contributed by atoms with van der Waals surface area (Å²) in [6.07, 6.45) is 1.05. The number of hydrogen-bond donors (Lipinski definition) is 2. The summed E-state index contributed by atoms with van der Waals surface area (Å²) < 4.78 is 25.4. The van der Waals surface area contributed by atoms with Gasteiger partial charge in [0.05, 0.1) is 0 Å². The van der Waals surface area contributed by atoms with Crippen LogP contribution in [0, 0.1) is 11.6 Å². The normalized spacial score (nSPS) is 10.2. The van der Waals surface area contributed by atoms with E-state index in [0.29, 0.717) is 12.8 Å². The number of amides is 1. The van der Waals surface area contributed by atoms with Crippen LogP contribution in [0.25, 0.3) is 0 Å². The molecule has 0 saturated carbocycles. The van der Waals surface area contributed by atoms with Gasteiger partial charge in [0.2, 0.25) is 5.91 Å². The number of benzene rings is 1. The Hall–Kier alpha value is -1.49. The monoisotopic (exact) mass is 228 g/mol. The standard InChI is InChI=1S/C11H14F2N2O/c1-14-6-2-3-11(16)15-8-4-5-9(12)10(13)7-8/h4-5,7,14H,2-3,6H2,1H3,(H,15,16). The number of halogens is 2. The van der Waals surface area contributed by atoms with Crippen molar-refractivity contribution in [1.82, 2.24) is 5.32 Å². The first-order valence-electron chi connectivity index (χ1n) is 5.03. The van der Waals surface area contributed by atoms with E-state index in [0.717, 1.165) is 18.7 Å². The molecule has 0 unspecified atom stereocenters. The predicted molar refractivity (Wildman–Crippen MR) is 58.1 cm³/mol. The second-order valence-corrected chi connectivity index (χ2v) is 3.38. The molecule has 88 valence electrons. The van der Waals surface area contributed by atoms with E-state index < -0.39 is 11.6 Å². The maximum Gasteiger partial charge on any atom is 0.224 e. The van der Waals surface area contributed by atoms with Crippen molar-refractivity contribution in [3.63, 3.8) is 0 Å². The fourth-order valence-corrected chi connectivity index (χ4v) is 1.22. The summed E-state index contributed by atoms with van der Waals surface area (Å²) in [6, 6.07) is 3.28. The first-order chi connectivity index (χ1) is 7.63. The van der Waals surface area contributed by atoms with Crippen molar-refractivity contribution < 1.29 is 13.6 Å². The molecule has 0 atom stereocenters. The second kappa shape index (κ2) is 6.17. The molecular formula is C11H14F2N2O. The summed E-state index contributed by atoms with van der Waals surface area (Å²) in [7, 11) is 1.80. The Morgan fingerprint density at radius 2 is 2.06 bits per heavy atom. The molecule has 0 aliphatic rings. The Morgan fingerprint density at radius 1 is 1.31 bits per heavy atom. The minimum absolute atomic E-state index is 0.207. The highest BCUT2D eigenvalue weighted by molar-refractivity contribution is 5.90. The summed E-state index contributed by atoms with van der Waals surface area (Å²) in [5, 5.41) is 5.41. The quantitative estimate of drug-likeness (QED) is 0.756. The zero-order valence-corrected chi connectivity index (χ0v) is 9.02. The highest BCUT2D eigenvalue weighted by Gasteiger charge is 2.05. The van der Waals surface area contributed by atoms with Gasteiger partial charge in [-0.05, 0) is 32.1 Å². The van der Waals surface area contributed by atoms with Crippen molar-refractivity contribution in [1.29, 1.82) is 0 Å². The summed E-state index contributed by atoms with van der Waals surface area (Å²) >= 11 is 0. The van der Waals surface area contributed by atoms with Crippen LogP contribution in [0.1, 0.15) is 12.8 Å². The highest BCUT2D eigenvalue weighted by atomic mass is 19.2. The van der Waals surface area contributed by atoms with E-state index in [1.165, 1.54) is 6.07 Å². The molecule has 0 aliphatic heterocycles. The Kier molecular flexibility index (Phi) is 4.85. The largest absolute Gasteiger partial charge is 0.326 e. The predicted octanol–water partition coefficient (Wildman–Crippen LogP) is 1.90. The maximum absolute atomic E-state index is 12.8. The molecule has 1 aromatic carbocycles. The van der Waals surface area contributed by atoms with E-state index in [1.807, 2.05) is 0 Å². The van der Waals surface area contributed by atoms with Crippen molar-refractivity contribution in [2.24, 2.45) is 0 Å². The molecule has 1 amide bonds. The topological polar surface area (TPSA) is 41.1 Å². The number of anilines is 1. The summed E-state index contributed by atoms with van der Waals surface area (Å²) in [5.74, 6) is -2.09. The molecule has 1 aromatic rings. The molecule has 3 nitrogen and oxygen atoms in total. The van der Waals surface area contributed by atoms with Gasteiger partial charge in [-0.1, -0.05) is 0 Å². The number of carbonyl (C=O) groups is 1. The molecule has 0 spiro atoms. The molecule has 0 aromatic heterocycles. The van der Waals surface area contributed by atoms with Gasteiger partial charge < -0.3 is 10.6 Å². The third kappa shape index (κ3) is 3.94. The van der Waals surface area contributed by atoms with Crippen LogP contribution in [0.15, 0.2) is 18.2 Å². The lowest BCUT2D eigenvalue weighted by Gasteiger charge is -2.05. The minimum Gasteiger partial charge on any atom is -0.326 e. The number of hydrogen-bond acceptors (Lipinski definition) is 2. The number of nitrogens with one attached hydrogen (secondary N) is 2. The minimum atomic E-state index is -0.965. The first kappa shape index (κ1) is 12.6. The smallest absolute Gasteiger partial charge is 0.224 e. The van der Waals surface area contributed by atoms with Crippen molar-refractivity contribution in [2.45, 2.75) is 12.8 Å². The van der Waals surface area contributed by atoms with E-state index in [9.17, 15) is 13.6 Å². The fourth-order valence-electron chi connectivity index (χ4n) is 1.22. The van der Waals surface area contributed by atoms with E-state index in [4.69, 9.17) is 0 Å². The first-order valence-corrected chi connectivity index (χ1v) is 5.03. The Labute approximate surface area is 92.8 Å². The van der Waals surface area contributed by atoms with E-state index >= 15 is 0 Å². The van der Waals surface area contributed by atoms with E-state index in [-0.39, 0.29) is 11.6 Å². The molecule has 5 heteroatoms. The molecule has 2 N–H and O–H groups in total. The summed E-state index contributed by atoms with van der Waals surface area (Å²) in [4.78, 5) is 11.3. The van der Waals surface area contributed by atoms with Crippen LogP contribution in [0.5, 0.6) is 0 Å². The SMILES string of the molecule is CNCCCC(=O)Nc1ccc(F)c(F)c1. The molecule has 0 heterocycles. The third-order valence-electron chi connectivity index (χ3n) is 2.03. The van der Waals surface area contributed by atoms with Crippen molar-refractivity contribution in [3.05, 3.63) is 29.8 Å². The van der Waals surface area contributed by atoms with E-state index in [1.54, 1.807) is 7.05 Å². The van der Waals surface area contributed by atoms with Gasteiger partial charge in [-0.3, -0.25) is 4.79 Å². The highest BCUT2D eigenvalue weighted by Crippen LogP contribution is 2.13. The average molecular weight is 228 g/mol. The molecule has 0 saturated heterocycles. The van der Waals surface area contributed by atoms with Crippen LogP contribution in [0.2, 0.25) is 0 Å². The van der Waals surface area contributed by atoms with Crippen molar-refractivity contribution in [2.75, 3.05) is 18.9 Å². The Morgan fingerprint density at radius 3 is 2.69 bits per heavy atom. The van der Waals surface area contributed by atoms with Gasteiger partial charge in [0.1, 0.15) is 0 Å². The molecular weight excluding hydrogens is 214 g/mol. The lowest BCUT2D eigenvalue weighted by Crippen LogP contribution is -2.15. The summed E-state index contributed by atoms with van der Waals surface area (Å²) in [5.41, 5.74) is 0.272. The molecule has 16 heavy (non-hydrogen) atoms. The number of carbonyl (C=O) groups excluding carboxylic acids is 1. The molecule has 0 radical (unpaired) electrons. The maximum atomic E-state index is 12.8. The Bertz CT molecular complexity index is 369. The van der Waals surface area contributed by atoms with Gasteiger partial charge in [0.15, 0.2) is 11.6 Å². The second-order valence-electron chi connectivity index (χ2n) is 3.38. The van der Waals surface area contributed by atoms with E-state index in [2.05, 4.69) is 10.6 Å². The van der Waals surface area contributed by atoms with Crippen LogP contribution in [-0.2, 0) is 4.79 Å². The van der Waals surface area contributed by atoms with Crippen LogP contribution in [0.4, 0.5) is 14.5 Å². The molecule has 1 rings (SSSR count). The van der Waals surface area contributed by atoms with Crippen molar-refractivity contribution >= 4 is 11.6 Å². The van der Waals surface area contributed by atoms with Gasteiger partial charge in [-0.25, -0.2) is 8.78 Å². The zero-order valence-electron chi connectivity index (χ0n) is 9.02. The Balaban J connectivity index is 2.46. The van der Waals surface area contributed by atoms with Crippen LogP contribution < -0.4 is 10.6 Å². The van der Waals surface area contributed by atoms with Gasteiger partial charge >= 0.3 is 0 Å². The number of rotatable bonds is 5.